The number of piperidine rings is 1. The standard InChI is InChI=1S/C21H25FN4O2/c1-3-14-10-17(11-24-19(14)23)25-20(27)21(28)26-12-13(2)4-9-18(26)15-5-7-16(22)8-6-15/h5-8,10-11,13,18H,3-4,9,12H2,1-2H3,(H2,23,24)(H,25,27)/t13-,18+/m1/s1. The van der Waals surface area contributed by atoms with Crippen LogP contribution in [0.15, 0.2) is 36.5 Å². The Hall–Kier alpha value is -2.96. The van der Waals surface area contributed by atoms with Gasteiger partial charge in [0.05, 0.1) is 17.9 Å². The normalized spacial score (nSPS) is 19.3. The predicted octanol–water partition coefficient (Wildman–Crippen LogP) is 3.30. The fourth-order valence-electron chi connectivity index (χ4n) is 3.60. The highest BCUT2D eigenvalue weighted by Gasteiger charge is 2.34. The van der Waals surface area contributed by atoms with Crippen LogP contribution in [0.3, 0.4) is 0 Å². The fourth-order valence-corrected chi connectivity index (χ4v) is 3.60. The van der Waals surface area contributed by atoms with Gasteiger partial charge in [-0.15, -0.1) is 0 Å². The second-order valence-corrected chi connectivity index (χ2v) is 7.28. The zero-order valence-corrected chi connectivity index (χ0v) is 16.1. The molecular weight excluding hydrogens is 359 g/mol. The molecule has 148 valence electrons. The van der Waals surface area contributed by atoms with E-state index in [0.29, 0.717) is 30.4 Å². The molecule has 1 aromatic carbocycles. The van der Waals surface area contributed by atoms with E-state index in [9.17, 15) is 14.0 Å². The van der Waals surface area contributed by atoms with Crippen molar-refractivity contribution in [3.63, 3.8) is 0 Å². The molecule has 6 nitrogen and oxygen atoms in total. The van der Waals surface area contributed by atoms with Gasteiger partial charge in [0, 0.05) is 6.54 Å². The molecule has 3 N–H and O–H groups in total. The summed E-state index contributed by atoms with van der Waals surface area (Å²) in [6.07, 6.45) is 3.78. The van der Waals surface area contributed by atoms with Gasteiger partial charge >= 0.3 is 11.8 Å². The second-order valence-electron chi connectivity index (χ2n) is 7.28. The monoisotopic (exact) mass is 384 g/mol. The molecule has 3 rings (SSSR count). The molecule has 2 aromatic rings. The number of aryl methyl sites for hydroxylation is 1. The van der Waals surface area contributed by atoms with Crippen molar-refractivity contribution >= 4 is 23.3 Å². The third-order valence-corrected chi connectivity index (χ3v) is 5.17. The van der Waals surface area contributed by atoms with E-state index in [1.165, 1.54) is 18.3 Å². The Morgan fingerprint density at radius 2 is 2.00 bits per heavy atom. The van der Waals surface area contributed by atoms with E-state index in [1.54, 1.807) is 23.1 Å². The molecule has 0 spiro atoms. The highest BCUT2D eigenvalue weighted by molar-refractivity contribution is 6.39. The van der Waals surface area contributed by atoms with Gasteiger partial charge in [-0.05, 0) is 54.5 Å². The van der Waals surface area contributed by atoms with Crippen LogP contribution in [0.1, 0.15) is 43.9 Å². The molecule has 1 saturated heterocycles. The summed E-state index contributed by atoms with van der Waals surface area (Å²) in [5.41, 5.74) is 7.86. The van der Waals surface area contributed by atoms with Crippen molar-refractivity contribution in [1.82, 2.24) is 9.88 Å². The number of pyridine rings is 1. The van der Waals surface area contributed by atoms with Crippen molar-refractivity contribution < 1.29 is 14.0 Å². The molecule has 0 aliphatic carbocycles. The van der Waals surface area contributed by atoms with Crippen molar-refractivity contribution in [1.29, 1.82) is 0 Å². The number of hydrogen-bond acceptors (Lipinski definition) is 4. The number of nitrogens with zero attached hydrogens (tertiary/aromatic N) is 2. The number of hydrogen-bond donors (Lipinski definition) is 2. The minimum atomic E-state index is -0.713. The summed E-state index contributed by atoms with van der Waals surface area (Å²) in [6.45, 7) is 4.47. The van der Waals surface area contributed by atoms with Crippen molar-refractivity contribution in [2.45, 2.75) is 39.2 Å². The Labute approximate surface area is 163 Å². The van der Waals surface area contributed by atoms with E-state index >= 15 is 0 Å². The summed E-state index contributed by atoms with van der Waals surface area (Å²) in [7, 11) is 0. The number of halogens is 1. The van der Waals surface area contributed by atoms with E-state index in [-0.39, 0.29) is 11.9 Å². The number of nitrogens with two attached hydrogens (primary N) is 1. The maximum absolute atomic E-state index is 13.3. The molecular formula is C21H25FN4O2. The lowest BCUT2D eigenvalue weighted by Crippen LogP contribution is -2.46. The van der Waals surface area contributed by atoms with Crippen LogP contribution in [0.5, 0.6) is 0 Å². The van der Waals surface area contributed by atoms with Gasteiger partial charge in [-0.25, -0.2) is 9.37 Å². The van der Waals surface area contributed by atoms with Gasteiger partial charge in [0.25, 0.3) is 0 Å². The number of nitrogen functional groups attached to an aromatic ring is 1. The van der Waals surface area contributed by atoms with Gasteiger partial charge in [-0.1, -0.05) is 26.0 Å². The molecule has 0 unspecified atom stereocenters. The molecule has 0 bridgehead atoms. The van der Waals surface area contributed by atoms with E-state index in [1.807, 2.05) is 6.92 Å². The summed E-state index contributed by atoms with van der Waals surface area (Å²) in [6, 6.07) is 7.58. The third kappa shape index (κ3) is 4.30. The minimum Gasteiger partial charge on any atom is -0.383 e. The molecule has 1 fully saturated rings. The molecule has 2 heterocycles. The summed E-state index contributed by atoms with van der Waals surface area (Å²) in [5.74, 6) is -0.942. The number of benzene rings is 1. The number of carbonyl (C=O) groups is 2. The Kier molecular flexibility index (Phi) is 5.92. The van der Waals surface area contributed by atoms with Crippen LogP contribution in [-0.2, 0) is 16.0 Å². The predicted molar refractivity (Wildman–Crippen MR) is 106 cm³/mol. The summed E-state index contributed by atoms with van der Waals surface area (Å²) in [5, 5.41) is 2.63. The number of anilines is 2. The number of likely N-dealkylation sites (tertiary alicyclic amines) is 1. The topological polar surface area (TPSA) is 88.3 Å². The van der Waals surface area contributed by atoms with Gasteiger partial charge < -0.3 is 16.0 Å². The van der Waals surface area contributed by atoms with Crippen LogP contribution in [0.2, 0.25) is 0 Å². The Morgan fingerprint density at radius 1 is 1.29 bits per heavy atom. The van der Waals surface area contributed by atoms with Gasteiger partial charge in [-0.3, -0.25) is 9.59 Å². The number of nitrogens with one attached hydrogen (secondary N) is 1. The highest BCUT2D eigenvalue weighted by atomic mass is 19.1. The quantitative estimate of drug-likeness (QED) is 0.795. The number of amides is 2. The Balaban J connectivity index is 1.79. The van der Waals surface area contributed by atoms with Crippen LogP contribution >= 0.6 is 0 Å². The molecule has 0 saturated carbocycles. The van der Waals surface area contributed by atoms with Gasteiger partial charge in [0.2, 0.25) is 0 Å². The first-order valence-electron chi connectivity index (χ1n) is 9.50. The molecule has 1 aliphatic heterocycles. The first-order valence-corrected chi connectivity index (χ1v) is 9.50. The SMILES string of the molecule is CCc1cc(NC(=O)C(=O)N2C[C@H](C)CC[C@H]2c2ccc(F)cc2)cnc1N. The zero-order valence-electron chi connectivity index (χ0n) is 16.1. The minimum absolute atomic E-state index is 0.245. The number of rotatable bonds is 3. The molecule has 1 aliphatic rings. The smallest absolute Gasteiger partial charge is 0.313 e. The first-order chi connectivity index (χ1) is 13.4. The van der Waals surface area contributed by atoms with Crippen molar-refractivity contribution in [3.05, 3.63) is 53.5 Å². The van der Waals surface area contributed by atoms with E-state index in [2.05, 4.69) is 17.2 Å². The maximum atomic E-state index is 13.3. The summed E-state index contributed by atoms with van der Waals surface area (Å²) >= 11 is 0. The van der Waals surface area contributed by atoms with Crippen LogP contribution in [0.25, 0.3) is 0 Å². The maximum Gasteiger partial charge on any atom is 0.313 e. The third-order valence-electron chi connectivity index (χ3n) is 5.17. The second kappa shape index (κ2) is 8.37. The van der Waals surface area contributed by atoms with Crippen molar-refractivity contribution in [2.24, 2.45) is 5.92 Å². The zero-order chi connectivity index (χ0) is 20.3. The van der Waals surface area contributed by atoms with E-state index in [0.717, 1.165) is 24.0 Å². The van der Waals surface area contributed by atoms with Crippen LogP contribution in [-0.4, -0.2) is 28.2 Å². The molecule has 7 heteroatoms. The van der Waals surface area contributed by atoms with Crippen molar-refractivity contribution in [3.8, 4) is 0 Å². The lowest BCUT2D eigenvalue weighted by molar-refractivity contribution is -0.146. The summed E-state index contributed by atoms with van der Waals surface area (Å²) in [4.78, 5) is 31.2. The lowest BCUT2D eigenvalue weighted by atomic mass is 9.90. The first kappa shape index (κ1) is 19.8. The Morgan fingerprint density at radius 3 is 2.68 bits per heavy atom. The average molecular weight is 384 g/mol. The number of aromatic nitrogens is 1. The van der Waals surface area contributed by atoms with Gasteiger partial charge in [-0.2, -0.15) is 0 Å². The highest BCUT2D eigenvalue weighted by Crippen LogP contribution is 2.33. The molecule has 2 atom stereocenters. The van der Waals surface area contributed by atoms with Gasteiger partial charge in [0.15, 0.2) is 0 Å². The molecule has 1 aromatic heterocycles. The van der Waals surface area contributed by atoms with Crippen LogP contribution in [0.4, 0.5) is 15.9 Å². The van der Waals surface area contributed by atoms with Gasteiger partial charge in [0.1, 0.15) is 11.6 Å². The van der Waals surface area contributed by atoms with Crippen molar-refractivity contribution in [2.75, 3.05) is 17.6 Å². The molecule has 0 radical (unpaired) electrons. The molecule has 2 amide bonds. The summed E-state index contributed by atoms with van der Waals surface area (Å²) < 4.78 is 13.3. The Bertz CT molecular complexity index is 869. The van der Waals surface area contributed by atoms with Crippen LogP contribution < -0.4 is 11.1 Å². The average Bonchev–Trinajstić information content (AvgIpc) is 2.69. The largest absolute Gasteiger partial charge is 0.383 e. The van der Waals surface area contributed by atoms with Crippen LogP contribution in [0, 0.1) is 11.7 Å². The van der Waals surface area contributed by atoms with E-state index in [4.69, 9.17) is 5.73 Å². The fraction of sp³-hybridized carbons (Fsp3) is 0.381. The number of carbonyl (C=O) groups excluding carboxylic acids is 2. The molecule has 28 heavy (non-hydrogen) atoms. The lowest BCUT2D eigenvalue weighted by Gasteiger charge is -2.38. The van der Waals surface area contributed by atoms with E-state index < -0.39 is 11.8 Å².